The second-order valence-electron chi connectivity index (χ2n) is 7.45. The summed E-state index contributed by atoms with van der Waals surface area (Å²) in [5, 5.41) is 22.5. The molecule has 0 bridgehead atoms. The summed E-state index contributed by atoms with van der Waals surface area (Å²) >= 11 is 0. The third-order valence-electron chi connectivity index (χ3n) is 5.27. The molecule has 0 radical (unpaired) electrons. The molecule has 7 nitrogen and oxygen atoms in total. The topological polar surface area (TPSA) is 102 Å². The van der Waals surface area contributed by atoms with Crippen molar-refractivity contribution in [2.24, 2.45) is 0 Å². The molecule has 2 heterocycles. The van der Waals surface area contributed by atoms with Gasteiger partial charge in [-0.05, 0) is 35.9 Å². The normalized spacial score (nSPS) is 14.0. The summed E-state index contributed by atoms with van der Waals surface area (Å²) in [6, 6.07) is 17.2. The molecule has 1 N–H and O–H groups in total. The molecule has 2 aromatic carbocycles. The average molecular weight is 411 g/mol. The van der Waals surface area contributed by atoms with Crippen LogP contribution in [0.25, 0.3) is 22.2 Å². The number of nitrogens with zero attached hydrogens (tertiary/aromatic N) is 4. The number of amides is 1. The number of hydrogen-bond acceptors (Lipinski definition) is 6. The van der Waals surface area contributed by atoms with Crippen LogP contribution in [0.15, 0.2) is 42.5 Å². The standard InChI is InChI=1S/C24H21N5O2/c1-16(30)27-22-5-3-18(11-19(22)14-26)23-12-20(15-29-6-8-31-9-7-29)21-4-2-17(13-25)10-24(21)28-23/h2-5,10-12H,6-9,15H2,1H3,(H,27,30). The zero-order valence-corrected chi connectivity index (χ0v) is 17.2. The van der Waals surface area contributed by atoms with E-state index in [2.05, 4.69) is 22.4 Å². The smallest absolute Gasteiger partial charge is 0.221 e. The third-order valence-corrected chi connectivity index (χ3v) is 5.27. The fraction of sp³-hybridized carbons (Fsp3) is 0.250. The number of hydrogen-bond donors (Lipinski definition) is 1. The molecule has 7 heteroatoms. The molecule has 0 spiro atoms. The maximum absolute atomic E-state index is 11.4. The summed E-state index contributed by atoms with van der Waals surface area (Å²) in [7, 11) is 0. The summed E-state index contributed by atoms with van der Waals surface area (Å²) in [5.74, 6) is -0.232. The van der Waals surface area contributed by atoms with Gasteiger partial charge in [0.05, 0.1) is 47.3 Å². The lowest BCUT2D eigenvalue weighted by atomic mass is 10.0. The summed E-state index contributed by atoms with van der Waals surface area (Å²) in [6.45, 7) is 5.30. The van der Waals surface area contributed by atoms with Gasteiger partial charge in [-0.1, -0.05) is 12.1 Å². The van der Waals surface area contributed by atoms with Gasteiger partial charge in [0, 0.05) is 37.5 Å². The number of nitriles is 2. The molecule has 1 amide bonds. The van der Waals surface area contributed by atoms with E-state index in [0.717, 1.165) is 47.4 Å². The minimum absolute atomic E-state index is 0.232. The third kappa shape index (κ3) is 4.54. The van der Waals surface area contributed by atoms with Crippen molar-refractivity contribution in [3.63, 3.8) is 0 Å². The number of benzene rings is 2. The van der Waals surface area contributed by atoms with Crippen LogP contribution < -0.4 is 5.32 Å². The van der Waals surface area contributed by atoms with Crippen molar-refractivity contribution >= 4 is 22.5 Å². The van der Waals surface area contributed by atoms with Gasteiger partial charge >= 0.3 is 0 Å². The second kappa shape index (κ2) is 8.93. The van der Waals surface area contributed by atoms with Gasteiger partial charge in [0.1, 0.15) is 6.07 Å². The van der Waals surface area contributed by atoms with Gasteiger partial charge in [0.2, 0.25) is 5.91 Å². The maximum atomic E-state index is 11.4. The van der Waals surface area contributed by atoms with Crippen LogP contribution in [0.3, 0.4) is 0 Å². The van der Waals surface area contributed by atoms with Crippen LogP contribution in [0.5, 0.6) is 0 Å². The molecule has 0 atom stereocenters. The minimum atomic E-state index is -0.232. The fourth-order valence-electron chi connectivity index (χ4n) is 3.74. The summed E-state index contributed by atoms with van der Waals surface area (Å²) in [4.78, 5) is 18.5. The number of morpholine rings is 1. The molecule has 1 aromatic heterocycles. The molecule has 0 saturated carbocycles. The van der Waals surface area contributed by atoms with Gasteiger partial charge in [0.15, 0.2) is 0 Å². The molecular weight excluding hydrogens is 390 g/mol. The number of nitrogens with one attached hydrogen (secondary N) is 1. The highest BCUT2D eigenvalue weighted by molar-refractivity contribution is 5.91. The number of carbonyl (C=O) groups excluding carboxylic acids is 1. The van der Waals surface area contributed by atoms with Crippen LogP contribution in [0.1, 0.15) is 23.6 Å². The number of pyridine rings is 1. The molecule has 3 aromatic rings. The van der Waals surface area contributed by atoms with Crippen LogP contribution >= 0.6 is 0 Å². The molecule has 4 rings (SSSR count). The molecule has 1 fully saturated rings. The Labute approximate surface area is 180 Å². The Hall–Kier alpha value is -3.78. The highest BCUT2D eigenvalue weighted by Gasteiger charge is 2.16. The maximum Gasteiger partial charge on any atom is 0.221 e. The predicted molar refractivity (Wildman–Crippen MR) is 117 cm³/mol. The number of rotatable bonds is 4. The van der Waals surface area contributed by atoms with E-state index in [-0.39, 0.29) is 5.91 Å². The Kier molecular flexibility index (Phi) is 5.90. The van der Waals surface area contributed by atoms with Gasteiger partial charge in [0.25, 0.3) is 0 Å². The van der Waals surface area contributed by atoms with Gasteiger partial charge in [-0.25, -0.2) is 4.98 Å². The van der Waals surface area contributed by atoms with E-state index in [9.17, 15) is 15.3 Å². The van der Waals surface area contributed by atoms with Gasteiger partial charge < -0.3 is 10.1 Å². The Morgan fingerprint density at radius 2 is 1.94 bits per heavy atom. The molecule has 1 saturated heterocycles. The van der Waals surface area contributed by atoms with E-state index < -0.39 is 0 Å². The highest BCUT2D eigenvalue weighted by atomic mass is 16.5. The number of fused-ring (bicyclic) bond motifs is 1. The monoisotopic (exact) mass is 411 g/mol. The fourth-order valence-corrected chi connectivity index (χ4v) is 3.74. The highest BCUT2D eigenvalue weighted by Crippen LogP contribution is 2.29. The van der Waals surface area contributed by atoms with Crippen LogP contribution in [-0.2, 0) is 16.1 Å². The lowest BCUT2D eigenvalue weighted by Gasteiger charge is -2.27. The Bertz CT molecular complexity index is 1230. The Morgan fingerprint density at radius 1 is 1.13 bits per heavy atom. The number of aromatic nitrogens is 1. The summed E-state index contributed by atoms with van der Waals surface area (Å²) in [6.07, 6.45) is 0. The van der Waals surface area contributed by atoms with Crippen molar-refractivity contribution < 1.29 is 9.53 Å². The van der Waals surface area contributed by atoms with E-state index in [1.54, 1.807) is 18.2 Å². The SMILES string of the molecule is CC(=O)Nc1ccc(-c2cc(CN3CCOCC3)c3ccc(C#N)cc3n2)cc1C#N. The largest absolute Gasteiger partial charge is 0.379 e. The van der Waals surface area contributed by atoms with Crippen LogP contribution in [0, 0.1) is 22.7 Å². The number of ether oxygens (including phenoxy) is 1. The van der Waals surface area contributed by atoms with Crippen LogP contribution in [-0.4, -0.2) is 42.1 Å². The quantitative estimate of drug-likeness (QED) is 0.706. The van der Waals surface area contributed by atoms with Crippen molar-refractivity contribution in [2.75, 3.05) is 31.6 Å². The molecule has 1 aliphatic rings. The van der Waals surface area contributed by atoms with Crippen molar-refractivity contribution in [2.45, 2.75) is 13.5 Å². The van der Waals surface area contributed by atoms with Crippen molar-refractivity contribution in [1.29, 1.82) is 10.5 Å². The first-order valence-corrected chi connectivity index (χ1v) is 10.0. The van der Waals surface area contributed by atoms with Crippen LogP contribution in [0.4, 0.5) is 5.69 Å². The first kappa shape index (κ1) is 20.5. The van der Waals surface area contributed by atoms with E-state index in [0.29, 0.717) is 30.0 Å². The second-order valence-corrected chi connectivity index (χ2v) is 7.45. The Balaban J connectivity index is 1.81. The van der Waals surface area contributed by atoms with Crippen LogP contribution in [0.2, 0.25) is 0 Å². The number of anilines is 1. The average Bonchev–Trinajstić information content (AvgIpc) is 2.79. The molecule has 1 aliphatic heterocycles. The molecule has 154 valence electrons. The predicted octanol–water partition coefficient (Wildman–Crippen LogP) is 3.44. The zero-order chi connectivity index (χ0) is 21.8. The van der Waals surface area contributed by atoms with E-state index in [1.165, 1.54) is 6.92 Å². The van der Waals surface area contributed by atoms with Gasteiger partial charge in [-0.2, -0.15) is 10.5 Å². The lowest BCUT2D eigenvalue weighted by Crippen LogP contribution is -2.35. The van der Waals surface area contributed by atoms with Crippen molar-refractivity contribution in [1.82, 2.24) is 9.88 Å². The molecule has 0 aliphatic carbocycles. The molecule has 0 unspecified atom stereocenters. The zero-order valence-electron chi connectivity index (χ0n) is 17.2. The van der Waals surface area contributed by atoms with Gasteiger partial charge in [-0.15, -0.1) is 0 Å². The van der Waals surface area contributed by atoms with Crippen molar-refractivity contribution in [3.05, 3.63) is 59.2 Å². The summed E-state index contributed by atoms with van der Waals surface area (Å²) in [5.41, 5.74) is 4.73. The molecular formula is C24H21N5O2. The lowest BCUT2D eigenvalue weighted by molar-refractivity contribution is -0.114. The van der Waals surface area contributed by atoms with Crippen molar-refractivity contribution in [3.8, 4) is 23.4 Å². The van der Waals surface area contributed by atoms with Gasteiger partial charge in [-0.3, -0.25) is 9.69 Å². The first-order valence-electron chi connectivity index (χ1n) is 10.0. The van der Waals surface area contributed by atoms with E-state index in [4.69, 9.17) is 9.72 Å². The Morgan fingerprint density at radius 3 is 2.65 bits per heavy atom. The van der Waals surface area contributed by atoms with E-state index in [1.807, 2.05) is 24.3 Å². The number of carbonyl (C=O) groups is 1. The minimum Gasteiger partial charge on any atom is -0.379 e. The molecule has 31 heavy (non-hydrogen) atoms. The first-order chi connectivity index (χ1) is 15.1. The van der Waals surface area contributed by atoms with E-state index >= 15 is 0 Å². The summed E-state index contributed by atoms with van der Waals surface area (Å²) < 4.78 is 5.46.